The Hall–Kier alpha value is -0.840. The molecule has 0 spiro atoms. The monoisotopic (exact) mass is 330 g/mol. The van der Waals surface area contributed by atoms with Gasteiger partial charge in [-0.2, -0.15) is 0 Å². The van der Waals surface area contributed by atoms with E-state index in [1.54, 1.807) is 6.07 Å². The van der Waals surface area contributed by atoms with Crippen LogP contribution < -0.4 is 0 Å². The Labute approximate surface area is 133 Å². The first kappa shape index (κ1) is 15.1. The minimum absolute atomic E-state index is 0.0985. The van der Waals surface area contributed by atoms with E-state index in [9.17, 15) is 4.39 Å². The Morgan fingerprint density at radius 2 is 2.33 bits per heavy atom. The summed E-state index contributed by atoms with van der Waals surface area (Å²) in [6.45, 7) is 3.65. The number of imidazole rings is 1. The van der Waals surface area contributed by atoms with Crippen LogP contribution >= 0.6 is 23.2 Å². The highest BCUT2D eigenvalue weighted by Crippen LogP contribution is 2.32. The Morgan fingerprint density at radius 1 is 1.52 bits per heavy atom. The number of benzene rings is 1. The van der Waals surface area contributed by atoms with Crippen LogP contribution in [0.15, 0.2) is 12.1 Å². The molecule has 1 aliphatic rings. The highest BCUT2D eigenvalue weighted by Gasteiger charge is 2.27. The number of aryl methyl sites for hydroxylation is 1. The van der Waals surface area contributed by atoms with Gasteiger partial charge in [0.05, 0.1) is 22.7 Å². The van der Waals surface area contributed by atoms with Crippen LogP contribution in [-0.2, 0) is 11.2 Å². The number of ether oxygens (including phenoxy) is 1. The summed E-state index contributed by atoms with van der Waals surface area (Å²) >= 11 is 11.7. The van der Waals surface area contributed by atoms with Crippen molar-refractivity contribution in [3.05, 3.63) is 28.8 Å². The van der Waals surface area contributed by atoms with E-state index in [1.807, 2.05) is 0 Å². The van der Waals surface area contributed by atoms with Crippen molar-refractivity contribution in [3.8, 4) is 0 Å². The third-order valence-electron chi connectivity index (χ3n) is 4.18. The number of halogens is 3. The largest absolute Gasteiger partial charge is 0.381 e. The van der Waals surface area contributed by atoms with Gasteiger partial charge in [0, 0.05) is 36.9 Å². The Bertz CT molecular complexity index is 653. The van der Waals surface area contributed by atoms with Gasteiger partial charge in [-0.3, -0.25) is 0 Å². The number of aromatic nitrogens is 2. The molecule has 2 heterocycles. The summed E-state index contributed by atoms with van der Waals surface area (Å²) in [5.74, 6) is 1.35. The molecule has 1 saturated heterocycles. The summed E-state index contributed by atoms with van der Waals surface area (Å²) in [6, 6.07) is 3.24. The molecule has 0 bridgehead atoms. The third kappa shape index (κ3) is 2.77. The average Bonchev–Trinajstić information content (AvgIpc) is 3.07. The molecule has 0 amide bonds. The maximum absolute atomic E-state index is 13.8. The van der Waals surface area contributed by atoms with Gasteiger partial charge in [0.25, 0.3) is 0 Å². The first-order valence-corrected chi connectivity index (χ1v) is 8.02. The SMILES string of the molecule is CC(C1CCOC1)n1c(CCCl)nc2cc(Cl)c(F)cc21. The Morgan fingerprint density at radius 3 is 3.00 bits per heavy atom. The highest BCUT2D eigenvalue weighted by molar-refractivity contribution is 6.31. The second kappa shape index (κ2) is 6.11. The molecule has 1 aliphatic heterocycles. The molecule has 0 saturated carbocycles. The van der Waals surface area contributed by atoms with E-state index >= 15 is 0 Å². The van der Waals surface area contributed by atoms with Crippen LogP contribution in [0.3, 0.4) is 0 Å². The number of alkyl halides is 1. The molecule has 114 valence electrons. The summed E-state index contributed by atoms with van der Waals surface area (Å²) in [6.07, 6.45) is 1.66. The zero-order valence-corrected chi connectivity index (χ0v) is 13.3. The van der Waals surface area contributed by atoms with E-state index in [0.29, 0.717) is 23.7 Å². The standard InChI is InChI=1S/C15H17Cl2FN2O/c1-9(10-3-5-21-8-10)20-14-7-12(18)11(17)6-13(14)19-15(20)2-4-16/h6-7,9-10H,2-5,8H2,1H3. The van der Waals surface area contributed by atoms with Gasteiger partial charge < -0.3 is 9.30 Å². The minimum atomic E-state index is -0.419. The second-order valence-corrected chi connectivity index (χ2v) is 6.24. The van der Waals surface area contributed by atoms with E-state index in [2.05, 4.69) is 16.5 Å². The van der Waals surface area contributed by atoms with Crippen LogP contribution in [0, 0.1) is 11.7 Å². The topological polar surface area (TPSA) is 27.1 Å². The molecule has 1 aromatic heterocycles. The number of fused-ring (bicyclic) bond motifs is 1. The molecule has 2 atom stereocenters. The van der Waals surface area contributed by atoms with Gasteiger partial charge in [0.1, 0.15) is 11.6 Å². The average molecular weight is 331 g/mol. The lowest BCUT2D eigenvalue weighted by Crippen LogP contribution is -2.19. The van der Waals surface area contributed by atoms with Crippen molar-refractivity contribution in [1.82, 2.24) is 9.55 Å². The van der Waals surface area contributed by atoms with Gasteiger partial charge in [-0.15, -0.1) is 11.6 Å². The lowest BCUT2D eigenvalue weighted by Gasteiger charge is -2.22. The molecule has 2 unspecified atom stereocenters. The van der Waals surface area contributed by atoms with Gasteiger partial charge >= 0.3 is 0 Å². The first-order valence-electron chi connectivity index (χ1n) is 7.11. The van der Waals surface area contributed by atoms with Gasteiger partial charge in [0.2, 0.25) is 0 Å². The van der Waals surface area contributed by atoms with Crippen molar-refractivity contribution in [2.24, 2.45) is 5.92 Å². The molecule has 3 nitrogen and oxygen atoms in total. The fraction of sp³-hybridized carbons (Fsp3) is 0.533. The summed E-state index contributed by atoms with van der Waals surface area (Å²) in [5, 5.41) is 0.0985. The van der Waals surface area contributed by atoms with E-state index in [4.69, 9.17) is 27.9 Å². The third-order valence-corrected chi connectivity index (χ3v) is 4.66. The molecule has 0 radical (unpaired) electrons. The lowest BCUT2D eigenvalue weighted by molar-refractivity contribution is 0.175. The molecule has 1 aromatic carbocycles. The number of rotatable bonds is 4. The van der Waals surface area contributed by atoms with Crippen LogP contribution in [-0.4, -0.2) is 28.6 Å². The van der Waals surface area contributed by atoms with Gasteiger partial charge in [-0.1, -0.05) is 11.6 Å². The maximum Gasteiger partial charge on any atom is 0.144 e. The minimum Gasteiger partial charge on any atom is -0.381 e. The molecule has 6 heteroatoms. The highest BCUT2D eigenvalue weighted by atomic mass is 35.5. The fourth-order valence-electron chi connectivity index (χ4n) is 3.00. The zero-order valence-electron chi connectivity index (χ0n) is 11.8. The van der Waals surface area contributed by atoms with Crippen molar-refractivity contribution in [3.63, 3.8) is 0 Å². The van der Waals surface area contributed by atoms with E-state index in [0.717, 1.165) is 31.0 Å². The lowest BCUT2D eigenvalue weighted by atomic mass is 10.00. The van der Waals surface area contributed by atoms with Crippen LogP contribution in [0.25, 0.3) is 11.0 Å². The molecule has 1 fully saturated rings. The van der Waals surface area contributed by atoms with E-state index in [-0.39, 0.29) is 11.1 Å². The van der Waals surface area contributed by atoms with Crippen molar-refractivity contribution in [2.75, 3.05) is 19.1 Å². The van der Waals surface area contributed by atoms with Gasteiger partial charge in [-0.25, -0.2) is 9.37 Å². The van der Waals surface area contributed by atoms with E-state index < -0.39 is 5.82 Å². The fourth-order valence-corrected chi connectivity index (χ4v) is 3.33. The van der Waals surface area contributed by atoms with Crippen molar-refractivity contribution >= 4 is 34.2 Å². The van der Waals surface area contributed by atoms with Crippen molar-refractivity contribution in [2.45, 2.75) is 25.8 Å². The quantitative estimate of drug-likeness (QED) is 0.785. The van der Waals surface area contributed by atoms with Gasteiger partial charge in [-0.05, 0) is 19.4 Å². The number of nitrogens with zero attached hydrogens (tertiary/aromatic N) is 2. The molecule has 0 N–H and O–H groups in total. The molecular formula is C15H17Cl2FN2O. The summed E-state index contributed by atoms with van der Waals surface area (Å²) in [4.78, 5) is 4.58. The zero-order chi connectivity index (χ0) is 15.0. The van der Waals surface area contributed by atoms with Crippen LogP contribution in [0.2, 0.25) is 5.02 Å². The second-order valence-electron chi connectivity index (χ2n) is 5.46. The normalized spacial score (nSPS) is 20.3. The summed E-state index contributed by atoms with van der Waals surface area (Å²) < 4.78 is 21.4. The summed E-state index contributed by atoms with van der Waals surface area (Å²) in [5.41, 5.74) is 1.49. The Balaban J connectivity index is 2.12. The van der Waals surface area contributed by atoms with Gasteiger partial charge in [0.15, 0.2) is 0 Å². The first-order chi connectivity index (χ1) is 10.1. The van der Waals surface area contributed by atoms with E-state index in [1.165, 1.54) is 6.07 Å². The van der Waals surface area contributed by atoms with Crippen molar-refractivity contribution < 1.29 is 9.13 Å². The number of hydrogen-bond acceptors (Lipinski definition) is 2. The van der Waals surface area contributed by atoms with Crippen molar-refractivity contribution in [1.29, 1.82) is 0 Å². The molecule has 0 aliphatic carbocycles. The molecular weight excluding hydrogens is 314 g/mol. The van der Waals surface area contributed by atoms with Crippen LogP contribution in [0.5, 0.6) is 0 Å². The molecule has 3 rings (SSSR count). The van der Waals surface area contributed by atoms with Crippen LogP contribution in [0.4, 0.5) is 4.39 Å². The molecule has 2 aromatic rings. The Kier molecular flexibility index (Phi) is 4.38. The summed E-state index contributed by atoms with van der Waals surface area (Å²) in [7, 11) is 0. The predicted molar refractivity (Wildman–Crippen MR) is 82.8 cm³/mol. The maximum atomic E-state index is 13.8. The van der Waals surface area contributed by atoms with Crippen LogP contribution in [0.1, 0.15) is 25.2 Å². The molecule has 21 heavy (non-hydrogen) atoms. The predicted octanol–water partition coefficient (Wildman–Crippen LogP) is 4.21. The number of hydrogen-bond donors (Lipinski definition) is 0. The smallest absolute Gasteiger partial charge is 0.144 e.